The summed E-state index contributed by atoms with van der Waals surface area (Å²) < 4.78 is 15.1. The maximum Gasteiger partial charge on any atom is 0.378 e. The molecule has 1 rings (SSSR count). The highest BCUT2D eigenvalue weighted by molar-refractivity contribution is 6.38. The van der Waals surface area contributed by atoms with Crippen molar-refractivity contribution in [2.45, 2.75) is 32.2 Å². The lowest BCUT2D eigenvalue weighted by molar-refractivity contribution is -0.149. The molecule has 90 valence electrons. The Hall–Kier alpha value is -1.20. The van der Waals surface area contributed by atoms with Crippen molar-refractivity contribution in [1.29, 1.82) is 0 Å². The van der Waals surface area contributed by atoms with E-state index in [1.807, 2.05) is 13.8 Å². The standard InChI is InChI=1S/C11H16O5/c1-11(2)15-7-8(16-11)5-4-6-9(12)10(13)14-3/h4,6,8H,5,7H2,1-3H3/b6-4+/t8-/m0/s1. The lowest BCUT2D eigenvalue weighted by Gasteiger charge is -2.16. The average Bonchev–Trinajstić information content (AvgIpc) is 2.57. The number of esters is 1. The second-order valence-corrected chi connectivity index (χ2v) is 3.94. The largest absolute Gasteiger partial charge is 0.463 e. The fraction of sp³-hybridized carbons (Fsp3) is 0.636. The van der Waals surface area contributed by atoms with Crippen molar-refractivity contribution in [3.05, 3.63) is 12.2 Å². The third-order valence-corrected chi connectivity index (χ3v) is 2.12. The molecule has 1 atom stereocenters. The Morgan fingerprint density at radius 2 is 2.19 bits per heavy atom. The number of hydrogen-bond donors (Lipinski definition) is 0. The summed E-state index contributed by atoms with van der Waals surface area (Å²) >= 11 is 0. The Morgan fingerprint density at radius 1 is 1.50 bits per heavy atom. The van der Waals surface area contributed by atoms with E-state index in [-0.39, 0.29) is 6.10 Å². The molecule has 0 amide bonds. The second-order valence-electron chi connectivity index (χ2n) is 3.94. The van der Waals surface area contributed by atoms with Gasteiger partial charge in [-0.2, -0.15) is 0 Å². The van der Waals surface area contributed by atoms with Gasteiger partial charge in [-0.1, -0.05) is 6.08 Å². The van der Waals surface area contributed by atoms with Crippen LogP contribution in [0, 0.1) is 0 Å². The van der Waals surface area contributed by atoms with Crippen molar-refractivity contribution in [3.63, 3.8) is 0 Å². The second kappa shape index (κ2) is 5.23. The number of rotatable bonds is 4. The summed E-state index contributed by atoms with van der Waals surface area (Å²) in [5.41, 5.74) is 0. The lowest BCUT2D eigenvalue weighted by atomic mass is 10.2. The minimum Gasteiger partial charge on any atom is -0.463 e. The molecule has 0 N–H and O–H groups in total. The number of methoxy groups -OCH3 is 1. The zero-order chi connectivity index (χ0) is 12.2. The molecule has 0 spiro atoms. The molecule has 1 aliphatic rings. The highest BCUT2D eigenvalue weighted by atomic mass is 16.7. The van der Waals surface area contributed by atoms with Crippen LogP contribution in [0.15, 0.2) is 12.2 Å². The summed E-state index contributed by atoms with van der Waals surface area (Å²) in [6.45, 7) is 4.15. The molecular weight excluding hydrogens is 212 g/mol. The van der Waals surface area contributed by atoms with Gasteiger partial charge in [0, 0.05) is 0 Å². The summed E-state index contributed by atoms with van der Waals surface area (Å²) in [5.74, 6) is -2.09. The minimum atomic E-state index is -0.861. The molecule has 0 aliphatic carbocycles. The van der Waals surface area contributed by atoms with Gasteiger partial charge in [-0.15, -0.1) is 0 Å². The molecule has 1 fully saturated rings. The molecule has 0 saturated carbocycles. The molecule has 0 bridgehead atoms. The smallest absolute Gasteiger partial charge is 0.378 e. The molecule has 0 aromatic rings. The Bertz CT molecular complexity index is 305. The predicted octanol–water partition coefficient (Wildman–Crippen LogP) is 0.826. The number of hydrogen-bond acceptors (Lipinski definition) is 5. The Labute approximate surface area is 94.4 Å². The van der Waals surface area contributed by atoms with Gasteiger partial charge < -0.3 is 14.2 Å². The van der Waals surface area contributed by atoms with Gasteiger partial charge in [0.2, 0.25) is 0 Å². The van der Waals surface area contributed by atoms with Gasteiger partial charge in [-0.3, -0.25) is 4.79 Å². The summed E-state index contributed by atoms with van der Waals surface area (Å²) in [4.78, 5) is 21.8. The molecular formula is C11H16O5. The van der Waals surface area contributed by atoms with Gasteiger partial charge in [-0.05, 0) is 26.3 Å². The van der Waals surface area contributed by atoms with E-state index in [4.69, 9.17) is 9.47 Å². The van der Waals surface area contributed by atoms with E-state index in [0.717, 1.165) is 0 Å². The van der Waals surface area contributed by atoms with Gasteiger partial charge in [-0.25, -0.2) is 4.79 Å². The van der Waals surface area contributed by atoms with Crippen LogP contribution in [0.2, 0.25) is 0 Å². The van der Waals surface area contributed by atoms with E-state index in [2.05, 4.69) is 4.74 Å². The summed E-state index contributed by atoms with van der Waals surface area (Å²) in [5, 5.41) is 0. The molecule has 0 aromatic heterocycles. The van der Waals surface area contributed by atoms with Crippen LogP contribution in [0.4, 0.5) is 0 Å². The van der Waals surface area contributed by atoms with E-state index in [1.54, 1.807) is 6.08 Å². The number of carbonyl (C=O) groups excluding carboxylic acids is 2. The molecule has 0 aromatic carbocycles. The van der Waals surface area contributed by atoms with Crippen molar-refractivity contribution >= 4 is 11.8 Å². The summed E-state index contributed by atoms with van der Waals surface area (Å²) in [6, 6.07) is 0. The van der Waals surface area contributed by atoms with Crippen LogP contribution >= 0.6 is 0 Å². The molecule has 5 heteroatoms. The first kappa shape index (κ1) is 12.9. The van der Waals surface area contributed by atoms with E-state index >= 15 is 0 Å². The molecule has 0 unspecified atom stereocenters. The van der Waals surface area contributed by atoms with E-state index in [0.29, 0.717) is 13.0 Å². The van der Waals surface area contributed by atoms with Crippen LogP contribution in [0.1, 0.15) is 20.3 Å². The Kier molecular flexibility index (Phi) is 4.20. The molecule has 16 heavy (non-hydrogen) atoms. The Balaban J connectivity index is 2.33. The van der Waals surface area contributed by atoms with Crippen LogP contribution < -0.4 is 0 Å². The van der Waals surface area contributed by atoms with Crippen LogP contribution in [-0.4, -0.2) is 37.4 Å². The molecule has 0 radical (unpaired) electrons. The first-order valence-electron chi connectivity index (χ1n) is 5.05. The third kappa shape index (κ3) is 3.75. The predicted molar refractivity (Wildman–Crippen MR) is 55.7 cm³/mol. The van der Waals surface area contributed by atoms with Crippen LogP contribution in [0.3, 0.4) is 0 Å². The van der Waals surface area contributed by atoms with Gasteiger partial charge in [0.05, 0.1) is 19.8 Å². The van der Waals surface area contributed by atoms with Crippen molar-refractivity contribution in [3.8, 4) is 0 Å². The normalized spacial score (nSPS) is 23.6. The highest BCUT2D eigenvalue weighted by Gasteiger charge is 2.31. The van der Waals surface area contributed by atoms with Crippen LogP contribution in [0.25, 0.3) is 0 Å². The van der Waals surface area contributed by atoms with Crippen molar-refractivity contribution in [1.82, 2.24) is 0 Å². The first-order valence-corrected chi connectivity index (χ1v) is 5.05. The maximum absolute atomic E-state index is 11.0. The zero-order valence-corrected chi connectivity index (χ0v) is 9.69. The summed E-state index contributed by atoms with van der Waals surface area (Å²) in [7, 11) is 1.17. The molecule has 1 heterocycles. The third-order valence-electron chi connectivity index (χ3n) is 2.12. The van der Waals surface area contributed by atoms with Gasteiger partial charge >= 0.3 is 5.97 Å². The average molecular weight is 228 g/mol. The first-order chi connectivity index (χ1) is 7.44. The van der Waals surface area contributed by atoms with Gasteiger partial charge in [0.1, 0.15) is 0 Å². The number of carbonyl (C=O) groups is 2. The van der Waals surface area contributed by atoms with Crippen molar-refractivity contribution < 1.29 is 23.8 Å². The van der Waals surface area contributed by atoms with Crippen LogP contribution in [-0.2, 0) is 23.8 Å². The molecule has 1 saturated heterocycles. The molecule has 1 aliphatic heterocycles. The maximum atomic E-state index is 11.0. The molecule has 5 nitrogen and oxygen atoms in total. The zero-order valence-electron chi connectivity index (χ0n) is 9.69. The highest BCUT2D eigenvalue weighted by Crippen LogP contribution is 2.24. The van der Waals surface area contributed by atoms with E-state index in [9.17, 15) is 9.59 Å². The van der Waals surface area contributed by atoms with Crippen molar-refractivity contribution in [2.24, 2.45) is 0 Å². The van der Waals surface area contributed by atoms with Gasteiger partial charge in [0.25, 0.3) is 5.78 Å². The minimum absolute atomic E-state index is 0.0725. The number of ether oxygens (including phenoxy) is 3. The SMILES string of the molecule is COC(=O)C(=O)/C=C/C[C@H]1COC(C)(C)O1. The van der Waals surface area contributed by atoms with E-state index < -0.39 is 17.5 Å². The van der Waals surface area contributed by atoms with E-state index in [1.165, 1.54) is 13.2 Å². The van der Waals surface area contributed by atoms with Crippen LogP contribution in [0.5, 0.6) is 0 Å². The summed E-state index contributed by atoms with van der Waals surface area (Å²) in [6.07, 6.45) is 3.25. The fourth-order valence-electron chi connectivity index (χ4n) is 1.37. The van der Waals surface area contributed by atoms with Gasteiger partial charge in [0.15, 0.2) is 5.79 Å². The van der Waals surface area contributed by atoms with Crippen molar-refractivity contribution in [2.75, 3.05) is 13.7 Å². The number of ketones is 1. The fourth-order valence-corrected chi connectivity index (χ4v) is 1.37. The Morgan fingerprint density at radius 3 is 2.69 bits per heavy atom. The monoisotopic (exact) mass is 228 g/mol. The quantitative estimate of drug-likeness (QED) is 0.405. The lowest BCUT2D eigenvalue weighted by Crippen LogP contribution is -2.21. The topological polar surface area (TPSA) is 61.8 Å².